The number of aliphatic carboxylic acids is 1. The van der Waals surface area contributed by atoms with Crippen molar-refractivity contribution < 1.29 is 27.9 Å². The Bertz CT molecular complexity index is 834. The Labute approximate surface area is 163 Å². The average Bonchev–Trinajstić information content (AvgIpc) is 3.22. The lowest BCUT2D eigenvalue weighted by Crippen LogP contribution is -2.43. The zero-order valence-electron chi connectivity index (χ0n) is 15.5. The van der Waals surface area contributed by atoms with Crippen molar-refractivity contribution in [3.05, 3.63) is 34.3 Å². The molecular formula is C16H20F3N5O3S. The first-order chi connectivity index (χ1) is 13.0. The van der Waals surface area contributed by atoms with Crippen LogP contribution in [0.25, 0.3) is 0 Å². The first kappa shape index (κ1) is 21.8. The lowest BCUT2D eigenvalue weighted by atomic mass is 10.1. The topological polar surface area (TPSA) is 91.6 Å². The van der Waals surface area contributed by atoms with E-state index in [1.807, 2.05) is 23.2 Å². The number of hydrogen-bond donors (Lipinski definition) is 1. The molecule has 28 heavy (non-hydrogen) atoms. The molecule has 1 atom stereocenters. The van der Waals surface area contributed by atoms with Crippen molar-refractivity contribution in [2.24, 2.45) is 0 Å². The number of halogens is 3. The van der Waals surface area contributed by atoms with Gasteiger partial charge >= 0.3 is 12.1 Å². The molecule has 0 saturated heterocycles. The van der Waals surface area contributed by atoms with Crippen LogP contribution in [-0.2, 0) is 22.7 Å². The standard InChI is InChI=1S/C14H19N5OS.C2HF3O2/c1-10-13(21-9-16-10)7-18-5-11-4-15-8-19(11)12(6-18)14(20)17(2)3;3-2(4,5)1(6)7/h4,8-9,12H,5-7H2,1-3H3;(H,6,7). The first-order valence-corrected chi connectivity index (χ1v) is 9.02. The van der Waals surface area contributed by atoms with Gasteiger partial charge in [-0.3, -0.25) is 9.69 Å². The summed E-state index contributed by atoms with van der Waals surface area (Å²) in [5.41, 5.74) is 4.04. The number of fused-ring (bicyclic) bond motifs is 1. The number of alkyl halides is 3. The number of nitrogens with zero attached hydrogens (tertiary/aromatic N) is 5. The van der Waals surface area contributed by atoms with Gasteiger partial charge in [0.25, 0.3) is 0 Å². The Kier molecular flexibility index (Phi) is 6.77. The summed E-state index contributed by atoms with van der Waals surface area (Å²) in [6.07, 6.45) is -1.47. The molecule has 8 nitrogen and oxygen atoms in total. The monoisotopic (exact) mass is 419 g/mol. The van der Waals surface area contributed by atoms with E-state index < -0.39 is 12.1 Å². The number of carbonyl (C=O) groups excluding carboxylic acids is 1. The van der Waals surface area contributed by atoms with E-state index in [0.717, 1.165) is 24.5 Å². The minimum Gasteiger partial charge on any atom is -0.475 e. The summed E-state index contributed by atoms with van der Waals surface area (Å²) in [7, 11) is 3.59. The van der Waals surface area contributed by atoms with E-state index in [4.69, 9.17) is 9.90 Å². The van der Waals surface area contributed by atoms with Crippen molar-refractivity contribution in [1.82, 2.24) is 24.3 Å². The summed E-state index contributed by atoms with van der Waals surface area (Å²) in [4.78, 5) is 35.0. The van der Waals surface area contributed by atoms with Crippen molar-refractivity contribution in [3.8, 4) is 0 Å². The molecule has 154 valence electrons. The van der Waals surface area contributed by atoms with Crippen LogP contribution in [0.3, 0.4) is 0 Å². The smallest absolute Gasteiger partial charge is 0.475 e. The number of aromatic nitrogens is 3. The summed E-state index contributed by atoms with van der Waals surface area (Å²) in [6.45, 7) is 4.38. The van der Waals surface area contributed by atoms with Gasteiger partial charge in [0.15, 0.2) is 0 Å². The molecule has 2 aromatic heterocycles. The molecule has 1 N–H and O–H groups in total. The SMILES string of the molecule is Cc1ncsc1CN1Cc2cncn2C(C(=O)N(C)C)C1.O=C(O)C(F)(F)F. The van der Waals surface area contributed by atoms with E-state index in [2.05, 4.69) is 14.9 Å². The fourth-order valence-electron chi connectivity index (χ4n) is 2.66. The van der Waals surface area contributed by atoms with Crippen LogP contribution in [-0.4, -0.2) is 68.1 Å². The first-order valence-electron chi connectivity index (χ1n) is 8.14. The number of hydrogen-bond acceptors (Lipinski definition) is 6. The third-order valence-corrected chi connectivity index (χ3v) is 5.00. The molecule has 0 fully saturated rings. The van der Waals surface area contributed by atoms with Crippen LogP contribution in [0.1, 0.15) is 22.3 Å². The van der Waals surface area contributed by atoms with Crippen LogP contribution in [0.15, 0.2) is 18.0 Å². The van der Waals surface area contributed by atoms with E-state index in [0.29, 0.717) is 6.54 Å². The predicted molar refractivity (Wildman–Crippen MR) is 94.6 cm³/mol. The van der Waals surface area contributed by atoms with Crippen LogP contribution in [0.2, 0.25) is 0 Å². The number of imidazole rings is 1. The summed E-state index contributed by atoms with van der Waals surface area (Å²) < 4.78 is 33.7. The van der Waals surface area contributed by atoms with Crippen molar-refractivity contribution in [1.29, 1.82) is 0 Å². The fraction of sp³-hybridized carbons (Fsp3) is 0.500. The molecule has 0 radical (unpaired) electrons. The highest BCUT2D eigenvalue weighted by Gasteiger charge is 2.38. The second-order valence-electron chi connectivity index (χ2n) is 6.37. The number of likely N-dealkylation sites (N-methyl/N-ethyl adjacent to an activating group) is 1. The van der Waals surface area contributed by atoms with Gasteiger partial charge in [-0.2, -0.15) is 13.2 Å². The van der Waals surface area contributed by atoms with Gasteiger partial charge < -0.3 is 14.6 Å². The maximum absolute atomic E-state index is 12.4. The molecule has 1 unspecified atom stereocenters. The van der Waals surface area contributed by atoms with E-state index in [1.165, 1.54) is 4.88 Å². The van der Waals surface area contributed by atoms with Gasteiger partial charge in [0.05, 0.1) is 23.2 Å². The Morgan fingerprint density at radius 2 is 2.04 bits per heavy atom. The Hall–Kier alpha value is -2.47. The number of aryl methyl sites for hydroxylation is 1. The highest BCUT2D eigenvalue weighted by atomic mass is 32.1. The number of carboxylic acids is 1. The van der Waals surface area contributed by atoms with Gasteiger partial charge in [-0.05, 0) is 6.92 Å². The maximum Gasteiger partial charge on any atom is 0.490 e. The maximum atomic E-state index is 12.4. The van der Waals surface area contributed by atoms with Crippen molar-refractivity contribution in [2.45, 2.75) is 32.2 Å². The molecule has 3 rings (SSSR count). The zero-order valence-corrected chi connectivity index (χ0v) is 16.3. The second kappa shape index (κ2) is 8.69. The Morgan fingerprint density at radius 3 is 2.54 bits per heavy atom. The third kappa shape index (κ3) is 5.29. The quantitative estimate of drug-likeness (QED) is 0.818. The van der Waals surface area contributed by atoms with Crippen molar-refractivity contribution in [2.75, 3.05) is 20.6 Å². The molecular weight excluding hydrogens is 399 g/mol. The fourth-order valence-corrected chi connectivity index (χ4v) is 3.48. The van der Waals surface area contributed by atoms with Crippen LogP contribution < -0.4 is 0 Å². The van der Waals surface area contributed by atoms with E-state index >= 15 is 0 Å². The van der Waals surface area contributed by atoms with E-state index in [9.17, 15) is 18.0 Å². The average molecular weight is 419 g/mol. The summed E-state index contributed by atoms with van der Waals surface area (Å²) in [5, 5.41) is 7.12. The summed E-state index contributed by atoms with van der Waals surface area (Å²) >= 11 is 1.67. The third-order valence-electron chi connectivity index (χ3n) is 4.08. The van der Waals surface area contributed by atoms with Gasteiger partial charge in [0, 0.05) is 44.8 Å². The minimum atomic E-state index is -5.08. The molecule has 1 amide bonds. The molecule has 12 heteroatoms. The number of carbonyl (C=O) groups is 2. The number of carboxylic acid groups (broad SMARTS) is 1. The van der Waals surface area contributed by atoms with Gasteiger partial charge in [-0.25, -0.2) is 14.8 Å². The van der Waals surface area contributed by atoms with Gasteiger partial charge in [0.2, 0.25) is 5.91 Å². The van der Waals surface area contributed by atoms with Crippen molar-refractivity contribution >= 4 is 23.2 Å². The molecule has 0 saturated carbocycles. The number of rotatable bonds is 3. The van der Waals surface area contributed by atoms with Crippen LogP contribution in [0, 0.1) is 6.92 Å². The largest absolute Gasteiger partial charge is 0.490 e. The molecule has 1 aliphatic rings. The Balaban J connectivity index is 0.000000345. The number of thiazole rings is 1. The van der Waals surface area contributed by atoms with Crippen molar-refractivity contribution in [3.63, 3.8) is 0 Å². The zero-order chi connectivity index (χ0) is 21.1. The van der Waals surface area contributed by atoms with Crippen LogP contribution >= 0.6 is 11.3 Å². The summed E-state index contributed by atoms with van der Waals surface area (Å²) in [5.74, 6) is -2.65. The molecule has 3 heterocycles. The van der Waals surface area contributed by atoms with Gasteiger partial charge in [-0.1, -0.05) is 0 Å². The lowest BCUT2D eigenvalue weighted by Gasteiger charge is -2.34. The highest BCUT2D eigenvalue weighted by molar-refractivity contribution is 7.09. The normalized spacial score (nSPS) is 16.7. The minimum absolute atomic E-state index is 0.111. The van der Waals surface area contributed by atoms with E-state index in [-0.39, 0.29) is 11.9 Å². The van der Waals surface area contributed by atoms with Gasteiger partial charge in [0.1, 0.15) is 6.04 Å². The lowest BCUT2D eigenvalue weighted by molar-refractivity contribution is -0.192. The van der Waals surface area contributed by atoms with E-state index in [1.54, 1.807) is 36.7 Å². The number of amides is 1. The molecule has 0 aromatic carbocycles. The second-order valence-corrected chi connectivity index (χ2v) is 7.31. The molecule has 0 aliphatic carbocycles. The van der Waals surface area contributed by atoms with Gasteiger partial charge in [-0.15, -0.1) is 11.3 Å². The molecule has 2 aromatic rings. The Morgan fingerprint density at radius 1 is 1.39 bits per heavy atom. The molecule has 0 spiro atoms. The van der Waals surface area contributed by atoms with Crippen LogP contribution in [0.5, 0.6) is 0 Å². The van der Waals surface area contributed by atoms with Crippen LogP contribution in [0.4, 0.5) is 13.2 Å². The predicted octanol–water partition coefficient (Wildman–Crippen LogP) is 1.93. The summed E-state index contributed by atoms with van der Waals surface area (Å²) in [6, 6.07) is -0.195. The molecule has 0 bridgehead atoms. The molecule has 1 aliphatic heterocycles. The highest BCUT2D eigenvalue weighted by Crippen LogP contribution is 2.25.